The van der Waals surface area contributed by atoms with E-state index in [9.17, 15) is 0 Å². The average Bonchev–Trinajstić information content (AvgIpc) is 3.12. The molecule has 1 N–H and O–H groups in total. The first-order chi connectivity index (χ1) is 13.8. The number of aliphatic imine (C=N–C) groups is 1. The first-order valence-electron chi connectivity index (χ1n) is 10.4. The number of hydrogen-bond donors (Lipinski definition) is 1. The monoisotopic (exact) mass is 515 g/mol. The van der Waals surface area contributed by atoms with Gasteiger partial charge in [0.2, 0.25) is 0 Å². The predicted molar refractivity (Wildman–Crippen MR) is 128 cm³/mol. The van der Waals surface area contributed by atoms with Gasteiger partial charge in [0.15, 0.2) is 5.96 Å². The van der Waals surface area contributed by atoms with E-state index in [-0.39, 0.29) is 24.0 Å². The summed E-state index contributed by atoms with van der Waals surface area (Å²) in [5.74, 6) is 2.49. The molecule has 1 aromatic carbocycles. The Balaban J connectivity index is 0.00000300. The van der Waals surface area contributed by atoms with E-state index in [0.717, 1.165) is 81.5 Å². The van der Waals surface area contributed by atoms with Crippen LogP contribution in [0.25, 0.3) is 11.0 Å². The van der Waals surface area contributed by atoms with Crippen molar-refractivity contribution in [3.8, 4) is 0 Å². The summed E-state index contributed by atoms with van der Waals surface area (Å²) in [6.45, 7) is 7.71. The molecule has 0 saturated carbocycles. The second-order valence-electron chi connectivity index (χ2n) is 7.33. The Bertz CT molecular complexity index is 711. The van der Waals surface area contributed by atoms with E-state index in [2.05, 4.69) is 29.3 Å². The van der Waals surface area contributed by atoms with E-state index >= 15 is 0 Å². The van der Waals surface area contributed by atoms with Crippen molar-refractivity contribution in [1.82, 2.24) is 10.2 Å². The van der Waals surface area contributed by atoms with Crippen molar-refractivity contribution in [3.63, 3.8) is 0 Å². The largest absolute Gasteiger partial charge is 0.459 e. The van der Waals surface area contributed by atoms with Crippen LogP contribution in [0.1, 0.15) is 31.9 Å². The lowest BCUT2D eigenvalue weighted by molar-refractivity contribution is 0.0205. The van der Waals surface area contributed by atoms with Crippen molar-refractivity contribution in [3.05, 3.63) is 36.1 Å². The average molecular weight is 515 g/mol. The zero-order valence-electron chi connectivity index (χ0n) is 17.6. The number of rotatable bonds is 9. The summed E-state index contributed by atoms with van der Waals surface area (Å²) in [7, 11) is 2.04. The van der Waals surface area contributed by atoms with Crippen molar-refractivity contribution in [2.24, 2.45) is 10.9 Å². The highest BCUT2D eigenvalue weighted by Crippen LogP contribution is 2.19. The minimum atomic E-state index is 0. The molecule has 2 aromatic rings. The second kappa shape index (κ2) is 13.1. The summed E-state index contributed by atoms with van der Waals surface area (Å²) in [6.07, 6.45) is 3.17. The van der Waals surface area contributed by atoms with Gasteiger partial charge in [0.05, 0.1) is 6.54 Å². The van der Waals surface area contributed by atoms with Crippen molar-refractivity contribution >= 4 is 40.9 Å². The molecule has 0 unspecified atom stereocenters. The first-order valence-corrected chi connectivity index (χ1v) is 10.4. The molecular formula is C22H34IN3O3. The number of benzene rings is 1. The molecule has 1 aromatic heterocycles. The molecule has 0 amide bonds. The van der Waals surface area contributed by atoms with Crippen LogP contribution in [0.2, 0.25) is 0 Å². The van der Waals surface area contributed by atoms with Crippen LogP contribution >= 0.6 is 24.0 Å². The van der Waals surface area contributed by atoms with Crippen LogP contribution in [0.15, 0.2) is 39.7 Å². The molecule has 2 heterocycles. The zero-order valence-corrected chi connectivity index (χ0v) is 19.9. The second-order valence-corrected chi connectivity index (χ2v) is 7.33. The minimum absolute atomic E-state index is 0. The highest BCUT2D eigenvalue weighted by molar-refractivity contribution is 14.0. The highest BCUT2D eigenvalue weighted by Gasteiger charge is 2.13. The van der Waals surface area contributed by atoms with Gasteiger partial charge in [-0.1, -0.05) is 18.2 Å². The van der Waals surface area contributed by atoms with Gasteiger partial charge in [-0.25, -0.2) is 0 Å². The van der Waals surface area contributed by atoms with Gasteiger partial charge in [-0.3, -0.25) is 4.99 Å². The third-order valence-electron chi connectivity index (χ3n) is 4.97. The maximum atomic E-state index is 5.93. The number of hydrogen-bond acceptors (Lipinski definition) is 4. The van der Waals surface area contributed by atoms with Crippen molar-refractivity contribution in [2.75, 3.05) is 46.6 Å². The van der Waals surface area contributed by atoms with Gasteiger partial charge < -0.3 is 24.1 Å². The van der Waals surface area contributed by atoms with Crippen LogP contribution < -0.4 is 5.32 Å². The Morgan fingerprint density at radius 2 is 2.07 bits per heavy atom. The zero-order chi connectivity index (χ0) is 19.6. The molecule has 0 aliphatic carbocycles. The lowest BCUT2D eigenvalue weighted by atomic mass is 10.0. The highest BCUT2D eigenvalue weighted by atomic mass is 127. The molecule has 1 aliphatic rings. The Kier molecular flexibility index (Phi) is 10.8. The smallest absolute Gasteiger partial charge is 0.194 e. The maximum absolute atomic E-state index is 5.93. The summed E-state index contributed by atoms with van der Waals surface area (Å²) in [6, 6.07) is 10.2. The molecule has 162 valence electrons. The molecule has 0 spiro atoms. The molecule has 3 rings (SSSR count). The van der Waals surface area contributed by atoms with E-state index in [4.69, 9.17) is 18.9 Å². The molecule has 29 heavy (non-hydrogen) atoms. The molecule has 7 heteroatoms. The van der Waals surface area contributed by atoms with E-state index in [1.807, 2.05) is 25.2 Å². The van der Waals surface area contributed by atoms with Crippen molar-refractivity contribution < 1.29 is 13.9 Å². The van der Waals surface area contributed by atoms with E-state index < -0.39 is 0 Å². The fourth-order valence-corrected chi connectivity index (χ4v) is 3.41. The number of fused-ring (bicyclic) bond motifs is 1. The molecule has 6 nitrogen and oxygen atoms in total. The summed E-state index contributed by atoms with van der Waals surface area (Å²) < 4.78 is 17.1. The van der Waals surface area contributed by atoms with Crippen molar-refractivity contribution in [2.45, 2.75) is 32.7 Å². The lowest BCUT2D eigenvalue weighted by Gasteiger charge is -2.22. The maximum Gasteiger partial charge on any atom is 0.194 e. The SMILES string of the molecule is CCNC(=NCCCOCC1CCOCC1)N(C)Cc1cc2ccccc2o1.I. The number of nitrogens with one attached hydrogen (secondary N) is 1. The van der Waals surface area contributed by atoms with Gasteiger partial charge in [0, 0.05) is 52.0 Å². The van der Waals surface area contributed by atoms with Gasteiger partial charge in [0.1, 0.15) is 11.3 Å². The van der Waals surface area contributed by atoms with Gasteiger partial charge in [0.25, 0.3) is 0 Å². The van der Waals surface area contributed by atoms with Crippen LogP contribution in [-0.2, 0) is 16.0 Å². The molecule has 1 fully saturated rings. The normalized spacial score (nSPS) is 15.3. The van der Waals surface area contributed by atoms with E-state index in [1.165, 1.54) is 0 Å². The fourth-order valence-electron chi connectivity index (χ4n) is 3.41. The summed E-state index contributed by atoms with van der Waals surface area (Å²) in [5.41, 5.74) is 0.925. The fraction of sp³-hybridized carbons (Fsp3) is 0.591. The number of furan rings is 1. The number of guanidine groups is 1. The van der Waals surface area contributed by atoms with Gasteiger partial charge >= 0.3 is 0 Å². The van der Waals surface area contributed by atoms with Crippen molar-refractivity contribution in [1.29, 1.82) is 0 Å². The topological polar surface area (TPSA) is 59.2 Å². The van der Waals surface area contributed by atoms with Crippen LogP contribution in [0.4, 0.5) is 0 Å². The molecule has 0 bridgehead atoms. The Morgan fingerprint density at radius 3 is 2.83 bits per heavy atom. The van der Waals surface area contributed by atoms with Crippen LogP contribution in [0, 0.1) is 5.92 Å². The first kappa shape index (κ1) is 24.0. The number of para-hydroxylation sites is 1. The minimum Gasteiger partial charge on any atom is -0.459 e. The summed E-state index contributed by atoms with van der Waals surface area (Å²) in [5, 5.41) is 4.49. The predicted octanol–water partition coefficient (Wildman–Crippen LogP) is 4.28. The Hall–Kier alpha value is -1.32. The van der Waals surface area contributed by atoms with Crippen LogP contribution in [0.5, 0.6) is 0 Å². The molecule has 1 aliphatic heterocycles. The number of ether oxygens (including phenoxy) is 2. The number of nitrogens with zero attached hydrogens (tertiary/aromatic N) is 2. The summed E-state index contributed by atoms with van der Waals surface area (Å²) in [4.78, 5) is 6.84. The molecule has 1 saturated heterocycles. The third kappa shape index (κ3) is 7.79. The number of halogens is 1. The third-order valence-corrected chi connectivity index (χ3v) is 4.97. The Morgan fingerprint density at radius 1 is 1.28 bits per heavy atom. The summed E-state index contributed by atoms with van der Waals surface area (Å²) >= 11 is 0. The molecular weight excluding hydrogens is 481 g/mol. The standard InChI is InChI=1S/C22H33N3O3.HI/c1-3-23-22(24-11-6-12-27-17-18-9-13-26-14-10-18)25(2)16-20-15-19-7-4-5-8-21(19)28-20;/h4-5,7-8,15,18H,3,6,9-14,16-17H2,1-2H3,(H,23,24);1H. The lowest BCUT2D eigenvalue weighted by Crippen LogP contribution is -2.38. The van der Waals surface area contributed by atoms with Crippen LogP contribution in [0.3, 0.4) is 0 Å². The quantitative estimate of drug-likeness (QED) is 0.234. The Labute approximate surface area is 191 Å². The van der Waals surface area contributed by atoms with E-state index in [1.54, 1.807) is 0 Å². The van der Waals surface area contributed by atoms with Crippen LogP contribution in [-0.4, -0.2) is 57.4 Å². The van der Waals surface area contributed by atoms with Gasteiger partial charge in [-0.15, -0.1) is 24.0 Å². The molecule has 0 atom stereocenters. The van der Waals surface area contributed by atoms with E-state index in [0.29, 0.717) is 12.5 Å². The van der Waals surface area contributed by atoms with Gasteiger partial charge in [-0.2, -0.15) is 0 Å². The molecule has 0 radical (unpaired) electrons. The van der Waals surface area contributed by atoms with Gasteiger partial charge in [-0.05, 0) is 44.2 Å².